The van der Waals surface area contributed by atoms with Gasteiger partial charge in [0, 0.05) is 12.7 Å². The molecule has 0 bridgehead atoms. The molecule has 0 aromatic carbocycles. The highest BCUT2D eigenvalue weighted by molar-refractivity contribution is 7.07. The van der Waals surface area contributed by atoms with Crippen LogP contribution in [0, 0.1) is 0 Å². The molecule has 0 aliphatic carbocycles. The SMILES string of the molecule is O=C(COC[C@@H]1CCCO1)Nc1ccnn1Cc1ccsc1. The van der Waals surface area contributed by atoms with E-state index in [1.165, 1.54) is 5.56 Å². The van der Waals surface area contributed by atoms with Crippen molar-refractivity contribution in [2.24, 2.45) is 0 Å². The smallest absolute Gasteiger partial charge is 0.251 e. The third-order valence-corrected chi connectivity index (χ3v) is 4.19. The van der Waals surface area contributed by atoms with E-state index in [4.69, 9.17) is 9.47 Å². The molecule has 3 heterocycles. The molecule has 3 rings (SSSR count). The van der Waals surface area contributed by atoms with Crippen LogP contribution in [0.15, 0.2) is 29.1 Å². The van der Waals surface area contributed by atoms with Crippen molar-refractivity contribution >= 4 is 23.1 Å². The monoisotopic (exact) mass is 321 g/mol. The molecule has 1 N–H and O–H groups in total. The molecule has 7 heteroatoms. The van der Waals surface area contributed by atoms with Gasteiger partial charge in [-0.2, -0.15) is 16.4 Å². The van der Waals surface area contributed by atoms with E-state index in [0.29, 0.717) is 19.0 Å². The van der Waals surface area contributed by atoms with Crippen LogP contribution in [0.3, 0.4) is 0 Å². The zero-order chi connectivity index (χ0) is 15.2. The Morgan fingerprint density at radius 3 is 3.27 bits per heavy atom. The third kappa shape index (κ3) is 4.16. The number of anilines is 1. The molecule has 0 radical (unpaired) electrons. The zero-order valence-corrected chi connectivity index (χ0v) is 13.1. The van der Waals surface area contributed by atoms with Crippen molar-refractivity contribution in [1.82, 2.24) is 9.78 Å². The van der Waals surface area contributed by atoms with E-state index in [2.05, 4.69) is 15.8 Å². The minimum atomic E-state index is -0.176. The Bertz CT molecular complexity index is 591. The molecule has 1 atom stereocenters. The molecule has 0 unspecified atom stereocenters. The van der Waals surface area contributed by atoms with Gasteiger partial charge < -0.3 is 14.8 Å². The lowest BCUT2D eigenvalue weighted by atomic mass is 10.2. The first-order valence-electron chi connectivity index (χ1n) is 7.33. The number of hydrogen-bond donors (Lipinski definition) is 1. The fourth-order valence-electron chi connectivity index (χ4n) is 2.36. The Hall–Kier alpha value is -1.70. The van der Waals surface area contributed by atoms with Crippen LogP contribution in [-0.2, 0) is 20.8 Å². The molecule has 118 valence electrons. The Kier molecular flexibility index (Phi) is 5.20. The summed E-state index contributed by atoms with van der Waals surface area (Å²) in [6.07, 6.45) is 3.89. The minimum Gasteiger partial charge on any atom is -0.376 e. The van der Waals surface area contributed by atoms with Gasteiger partial charge in [0.25, 0.3) is 5.91 Å². The van der Waals surface area contributed by atoms with Crippen molar-refractivity contribution in [3.05, 3.63) is 34.7 Å². The summed E-state index contributed by atoms with van der Waals surface area (Å²) in [5, 5.41) is 11.2. The molecular formula is C15H19N3O3S. The number of nitrogens with one attached hydrogen (secondary N) is 1. The summed E-state index contributed by atoms with van der Waals surface area (Å²) in [7, 11) is 0. The van der Waals surface area contributed by atoms with Gasteiger partial charge in [0.05, 0.1) is 25.5 Å². The topological polar surface area (TPSA) is 65.4 Å². The van der Waals surface area contributed by atoms with Crippen molar-refractivity contribution < 1.29 is 14.3 Å². The molecule has 2 aromatic rings. The van der Waals surface area contributed by atoms with Gasteiger partial charge in [-0.1, -0.05) is 0 Å². The van der Waals surface area contributed by atoms with Crippen LogP contribution in [0.25, 0.3) is 0 Å². The first-order valence-corrected chi connectivity index (χ1v) is 8.27. The lowest BCUT2D eigenvalue weighted by molar-refractivity contribution is -0.121. The van der Waals surface area contributed by atoms with Gasteiger partial charge in [0.2, 0.25) is 0 Å². The van der Waals surface area contributed by atoms with Crippen molar-refractivity contribution in [1.29, 1.82) is 0 Å². The van der Waals surface area contributed by atoms with Gasteiger partial charge in [0.1, 0.15) is 12.4 Å². The predicted octanol–water partition coefficient (Wildman–Crippen LogP) is 2.13. The Balaban J connectivity index is 1.46. The number of carbonyl (C=O) groups excluding carboxylic acids is 1. The largest absolute Gasteiger partial charge is 0.376 e. The standard InChI is InChI=1S/C15H19N3O3S/c19-15(10-20-9-13-2-1-6-21-13)17-14-3-5-16-18(14)8-12-4-7-22-11-12/h3-5,7,11,13H,1-2,6,8-10H2,(H,17,19)/t13-/m0/s1. The van der Waals surface area contributed by atoms with E-state index in [1.54, 1.807) is 28.3 Å². The van der Waals surface area contributed by atoms with Gasteiger partial charge in [0.15, 0.2) is 0 Å². The normalized spacial score (nSPS) is 17.7. The van der Waals surface area contributed by atoms with Crippen LogP contribution in [0.1, 0.15) is 18.4 Å². The van der Waals surface area contributed by atoms with Crippen LogP contribution in [-0.4, -0.2) is 41.6 Å². The summed E-state index contributed by atoms with van der Waals surface area (Å²) in [6, 6.07) is 3.83. The van der Waals surface area contributed by atoms with Gasteiger partial charge in [-0.3, -0.25) is 4.79 Å². The number of thiophene rings is 1. The molecule has 0 saturated carbocycles. The summed E-state index contributed by atoms with van der Waals surface area (Å²) in [5.41, 5.74) is 1.17. The number of hydrogen-bond acceptors (Lipinski definition) is 5. The second kappa shape index (κ2) is 7.53. The summed E-state index contributed by atoms with van der Waals surface area (Å²) < 4.78 is 12.6. The average molecular weight is 321 g/mol. The van der Waals surface area contributed by atoms with Crippen LogP contribution in [0.2, 0.25) is 0 Å². The van der Waals surface area contributed by atoms with E-state index in [0.717, 1.165) is 19.4 Å². The molecule has 1 amide bonds. The van der Waals surface area contributed by atoms with Gasteiger partial charge in [-0.05, 0) is 35.2 Å². The summed E-state index contributed by atoms with van der Waals surface area (Å²) in [6.45, 7) is 1.94. The van der Waals surface area contributed by atoms with Crippen molar-refractivity contribution in [2.75, 3.05) is 25.1 Å². The maximum atomic E-state index is 11.9. The fourth-order valence-corrected chi connectivity index (χ4v) is 3.02. The highest BCUT2D eigenvalue weighted by Crippen LogP contribution is 2.13. The van der Waals surface area contributed by atoms with E-state index in [9.17, 15) is 4.79 Å². The number of ether oxygens (including phenoxy) is 2. The number of carbonyl (C=O) groups is 1. The maximum Gasteiger partial charge on any atom is 0.251 e. The Labute approximate surface area is 133 Å². The van der Waals surface area contributed by atoms with Crippen LogP contribution in [0.4, 0.5) is 5.82 Å². The summed E-state index contributed by atoms with van der Waals surface area (Å²) in [4.78, 5) is 11.9. The maximum absolute atomic E-state index is 11.9. The van der Waals surface area contributed by atoms with Gasteiger partial charge in [-0.25, -0.2) is 4.68 Å². The highest BCUT2D eigenvalue weighted by Gasteiger charge is 2.16. The Morgan fingerprint density at radius 1 is 1.55 bits per heavy atom. The average Bonchev–Trinajstić information content (AvgIpc) is 3.23. The molecule has 22 heavy (non-hydrogen) atoms. The van der Waals surface area contributed by atoms with Crippen LogP contribution >= 0.6 is 11.3 Å². The lowest BCUT2D eigenvalue weighted by Gasteiger charge is -2.11. The summed E-state index contributed by atoms with van der Waals surface area (Å²) in [5.74, 6) is 0.502. The second-order valence-corrected chi connectivity index (χ2v) is 5.98. The molecule has 1 saturated heterocycles. The Morgan fingerprint density at radius 2 is 2.50 bits per heavy atom. The molecule has 2 aromatic heterocycles. The molecular weight excluding hydrogens is 302 g/mol. The first-order chi connectivity index (χ1) is 10.8. The lowest BCUT2D eigenvalue weighted by Crippen LogP contribution is -2.23. The predicted molar refractivity (Wildman–Crippen MR) is 84.1 cm³/mol. The second-order valence-electron chi connectivity index (χ2n) is 5.20. The van der Waals surface area contributed by atoms with Crippen LogP contribution in [0.5, 0.6) is 0 Å². The number of nitrogens with zero attached hydrogens (tertiary/aromatic N) is 2. The summed E-state index contributed by atoms with van der Waals surface area (Å²) >= 11 is 1.64. The van der Waals surface area contributed by atoms with Crippen molar-refractivity contribution in [3.8, 4) is 0 Å². The van der Waals surface area contributed by atoms with Crippen molar-refractivity contribution in [3.63, 3.8) is 0 Å². The van der Waals surface area contributed by atoms with Gasteiger partial charge >= 0.3 is 0 Å². The highest BCUT2D eigenvalue weighted by atomic mass is 32.1. The first kappa shape index (κ1) is 15.2. The third-order valence-electron chi connectivity index (χ3n) is 3.46. The number of aromatic nitrogens is 2. The van der Waals surface area contributed by atoms with Gasteiger partial charge in [-0.15, -0.1) is 0 Å². The molecule has 0 spiro atoms. The van der Waals surface area contributed by atoms with E-state index >= 15 is 0 Å². The zero-order valence-electron chi connectivity index (χ0n) is 12.2. The van der Waals surface area contributed by atoms with E-state index in [1.807, 2.05) is 11.4 Å². The number of rotatable bonds is 7. The molecule has 1 aliphatic rings. The van der Waals surface area contributed by atoms with E-state index < -0.39 is 0 Å². The van der Waals surface area contributed by atoms with E-state index in [-0.39, 0.29) is 18.6 Å². The quantitative estimate of drug-likeness (QED) is 0.848. The molecule has 1 aliphatic heterocycles. The number of amides is 1. The fraction of sp³-hybridized carbons (Fsp3) is 0.467. The minimum absolute atomic E-state index is 0.0312. The molecule has 6 nitrogen and oxygen atoms in total. The van der Waals surface area contributed by atoms with Crippen LogP contribution < -0.4 is 5.32 Å². The molecule has 1 fully saturated rings. The van der Waals surface area contributed by atoms with Crippen molar-refractivity contribution in [2.45, 2.75) is 25.5 Å².